The summed E-state index contributed by atoms with van der Waals surface area (Å²) >= 11 is 1.08. The van der Waals surface area contributed by atoms with Crippen LogP contribution in [0.3, 0.4) is 0 Å². The molecule has 144 valence electrons. The smallest absolute Gasteiger partial charge is 0.269 e. The highest BCUT2D eigenvalue weighted by Crippen LogP contribution is 2.43. The van der Waals surface area contributed by atoms with Gasteiger partial charge in [0, 0.05) is 17.7 Å². The van der Waals surface area contributed by atoms with Gasteiger partial charge in [-0.05, 0) is 64.2 Å². The molecule has 0 spiro atoms. The highest BCUT2D eigenvalue weighted by Gasteiger charge is 2.17. The molecule has 1 heterocycles. The predicted molar refractivity (Wildman–Crippen MR) is 105 cm³/mol. The number of phenols is 2. The fourth-order valence-electron chi connectivity index (χ4n) is 2.73. The monoisotopic (exact) mass is 407 g/mol. The lowest BCUT2D eigenvalue weighted by Gasteiger charge is -2.11. The molecule has 0 aliphatic rings. The van der Waals surface area contributed by atoms with E-state index in [4.69, 9.17) is 0 Å². The van der Waals surface area contributed by atoms with Crippen molar-refractivity contribution in [3.8, 4) is 28.3 Å². The van der Waals surface area contributed by atoms with Crippen molar-refractivity contribution in [3.63, 3.8) is 0 Å². The SMILES string of the molecule is O=[N+]([O-])c1ccc(-c2cc(O)cc(Sc3nnnn3-c3ccccc3)c2O)cc1. The van der Waals surface area contributed by atoms with Gasteiger partial charge in [0.25, 0.3) is 5.69 Å². The Morgan fingerprint density at radius 2 is 1.72 bits per heavy atom. The molecule has 29 heavy (non-hydrogen) atoms. The Kier molecular flexibility index (Phi) is 4.83. The van der Waals surface area contributed by atoms with E-state index in [2.05, 4.69) is 15.5 Å². The minimum Gasteiger partial charge on any atom is -0.508 e. The van der Waals surface area contributed by atoms with Gasteiger partial charge in [0.05, 0.1) is 15.5 Å². The lowest BCUT2D eigenvalue weighted by molar-refractivity contribution is -0.384. The molecular formula is C19H13N5O4S. The van der Waals surface area contributed by atoms with Crippen LogP contribution in [0.2, 0.25) is 0 Å². The Labute approximate surface area is 168 Å². The van der Waals surface area contributed by atoms with Crippen LogP contribution in [0.5, 0.6) is 11.5 Å². The first-order valence-electron chi connectivity index (χ1n) is 8.35. The summed E-state index contributed by atoms with van der Waals surface area (Å²) in [5.74, 6) is -0.165. The molecule has 0 bridgehead atoms. The number of phenolic OH excluding ortho intramolecular Hbond substituents is 2. The zero-order valence-corrected chi connectivity index (χ0v) is 15.5. The largest absolute Gasteiger partial charge is 0.508 e. The molecule has 0 amide bonds. The van der Waals surface area contributed by atoms with Gasteiger partial charge in [-0.1, -0.05) is 18.2 Å². The molecule has 10 heteroatoms. The van der Waals surface area contributed by atoms with Gasteiger partial charge in [0.15, 0.2) is 0 Å². The van der Waals surface area contributed by atoms with Crippen LogP contribution in [-0.2, 0) is 0 Å². The molecular weight excluding hydrogens is 394 g/mol. The van der Waals surface area contributed by atoms with Crippen LogP contribution in [0.4, 0.5) is 5.69 Å². The zero-order valence-electron chi connectivity index (χ0n) is 14.7. The first kappa shape index (κ1) is 18.4. The predicted octanol–water partition coefficient (Wildman–Crippen LogP) is 3.80. The van der Waals surface area contributed by atoms with Crippen molar-refractivity contribution < 1.29 is 15.1 Å². The van der Waals surface area contributed by atoms with E-state index in [0.29, 0.717) is 21.2 Å². The maximum Gasteiger partial charge on any atom is 0.269 e. The third-order valence-electron chi connectivity index (χ3n) is 4.09. The number of nitro groups is 1. The van der Waals surface area contributed by atoms with E-state index in [1.807, 2.05) is 30.3 Å². The number of para-hydroxylation sites is 1. The van der Waals surface area contributed by atoms with Gasteiger partial charge in [-0.2, -0.15) is 4.68 Å². The highest BCUT2D eigenvalue weighted by atomic mass is 32.2. The molecule has 0 saturated heterocycles. The maximum absolute atomic E-state index is 10.8. The quantitative estimate of drug-likeness (QED) is 0.290. The van der Waals surface area contributed by atoms with Crippen LogP contribution >= 0.6 is 11.8 Å². The lowest BCUT2D eigenvalue weighted by atomic mass is 10.0. The Bertz CT molecular complexity index is 1180. The Morgan fingerprint density at radius 1 is 1.00 bits per heavy atom. The molecule has 9 nitrogen and oxygen atoms in total. The Hall–Kier alpha value is -3.92. The third-order valence-corrected chi connectivity index (χ3v) is 5.06. The Morgan fingerprint density at radius 3 is 2.41 bits per heavy atom. The second kappa shape index (κ2) is 7.60. The summed E-state index contributed by atoms with van der Waals surface area (Å²) in [6.45, 7) is 0. The van der Waals surface area contributed by atoms with Crippen LogP contribution < -0.4 is 0 Å². The number of benzene rings is 3. The second-order valence-electron chi connectivity index (χ2n) is 5.95. The molecule has 0 unspecified atom stereocenters. The number of tetrazole rings is 1. The summed E-state index contributed by atoms with van der Waals surface area (Å²) in [6.07, 6.45) is 0. The first-order chi connectivity index (χ1) is 14.0. The van der Waals surface area contributed by atoms with Gasteiger partial charge in [0.1, 0.15) is 11.5 Å². The van der Waals surface area contributed by atoms with E-state index in [-0.39, 0.29) is 17.2 Å². The second-order valence-corrected chi connectivity index (χ2v) is 6.96. The summed E-state index contributed by atoms with van der Waals surface area (Å²) in [5, 5.41) is 43.8. The average Bonchev–Trinajstić information content (AvgIpc) is 3.19. The fourth-order valence-corrected chi connectivity index (χ4v) is 3.61. The number of hydrogen-bond donors (Lipinski definition) is 2. The minimum absolute atomic E-state index is 0.0648. The van der Waals surface area contributed by atoms with E-state index in [0.717, 1.165) is 17.4 Å². The standard InChI is InChI=1S/C19H13N5O4S/c25-15-10-16(12-6-8-14(9-7-12)24(27)28)18(26)17(11-15)29-19-20-21-22-23(19)13-4-2-1-3-5-13/h1-11,25-26H. The normalized spacial score (nSPS) is 10.8. The number of nitrogens with zero attached hydrogens (tertiary/aromatic N) is 5. The van der Waals surface area contributed by atoms with E-state index >= 15 is 0 Å². The van der Waals surface area contributed by atoms with Gasteiger partial charge in [-0.15, -0.1) is 5.10 Å². The van der Waals surface area contributed by atoms with Crippen molar-refractivity contribution in [3.05, 3.63) is 76.8 Å². The number of nitro benzene ring substituents is 1. The van der Waals surface area contributed by atoms with Gasteiger partial charge in [0.2, 0.25) is 5.16 Å². The van der Waals surface area contributed by atoms with E-state index < -0.39 is 4.92 Å². The Balaban J connectivity index is 1.72. The van der Waals surface area contributed by atoms with E-state index in [1.54, 1.807) is 0 Å². The molecule has 0 fully saturated rings. The number of rotatable bonds is 5. The number of hydrogen-bond acceptors (Lipinski definition) is 8. The molecule has 0 aliphatic carbocycles. The summed E-state index contributed by atoms with van der Waals surface area (Å²) in [7, 11) is 0. The molecule has 3 aromatic carbocycles. The van der Waals surface area contributed by atoms with Gasteiger partial charge < -0.3 is 10.2 Å². The van der Waals surface area contributed by atoms with Crippen LogP contribution in [0.1, 0.15) is 0 Å². The van der Waals surface area contributed by atoms with Crippen molar-refractivity contribution in [2.75, 3.05) is 0 Å². The number of non-ortho nitro benzene ring substituents is 1. The van der Waals surface area contributed by atoms with Gasteiger partial charge in [-0.25, -0.2) is 0 Å². The van der Waals surface area contributed by atoms with Crippen molar-refractivity contribution in [2.24, 2.45) is 0 Å². The third kappa shape index (κ3) is 3.73. The molecule has 0 radical (unpaired) electrons. The maximum atomic E-state index is 10.8. The molecule has 0 aliphatic heterocycles. The molecule has 0 atom stereocenters. The minimum atomic E-state index is -0.503. The molecule has 1 aromatic heterocycles. The van der Waals surface area contributed by atoms with E-state index in [1.165, 1.54) is 41.1 Å². The van der Waals surface area contributed by atoms with Crippen molar-refractivity contribution in [1.82, 2.24) is 20.2 Å². The zero-order chi connectivity index (χ0) is 20.4. The highest BCUT2D eigenvalue weighted by molar-refractivity contribution is 7.99. The number of aromatic hydroxyl groups is 2. The van der Waals surface area contributed by atoms with Gasteiger partial charge in [-0.3, -0.25) is 10.1 Å². The molecule has 2 N–H and O–H groups in total. The van der Waals surface area contributed by atoms with Gasteiger partial charge >= 0.3 is 0 Å². The topological polar surface area (TPSA) is 127 Å². The van der Waals surface area contributed by atoms with Crippen LogP contribution in [0.25, 0.3) is 16.8 Å². The molecule has 4 rings (SSSR count). The first-order valence-corrected chi connectivity index (χ1v) is 9.17. The van der Waals surface area contributed by atoms with E-state index in [9.17, 15) is 20.3 Å². The van der Waals surface area contributed by atoms with Crippen LogP contribution in [0, 0.1) is 10.1 Å². The summed E-state index contributed by atoms with van der Waals surface area (Å²) < 4.78 is 1.51. The van der Waals surface area contributed by atoms with Crippen molar-refractivity contribution >= 4 is 17.4 Å². The van der Waals surface area contributed by atoms with Crippen LogP contribution in [0.15, 0.2) is 76.8 Å². The lowest BCUT2D eigenvalue weighted by Crippen LogP contribution is -1.98. The fraction of sp³-hybridized carbons (Fsp3) is 0. The van der Waals surface area contributed by atoms with Crippen LogP contribution in [-0.4, -0.2) is 35.3 Å². The van der Waals surface area contributed by atoms with Crippen molar-refractivity contribution in [2.45, 2.75) is 10.1 Å². The summed E-state index contributed by atoms with van der Waals surface area (Å²) in [4.78, 5) is 10.7. The average molecular weight is 407 g/mol. The molecule has 0 saturated carbocycles. The summed E-state index contributed by atoms with van der Waals surface area (Å²) in [5.41, 5.74) is 1.54. The molecule has 4 aromatic rings. The van der Waals surface area contributed by atoms with Crippen molar-refractivity contribution in [1.29, 1.82) is 0 Å². The number of aromatic nitrogens is 4. The summed E-state index contributed by atoms with van der Waals surface area (Å²) in [6, 6.07) is 17.7.